The van der Waals surface area contributed by atoms with Crippen molar-refractivity contribution in [3.8, 4) is 0 Å². The Hall–Kier alpha value is -1.99. The zero-order chi connectivity index (χ0) is 24.8. The molecule has 192 valence electrons. The Bertz CT molecular complexity index is 1030. The van der Waals surface area contributed by atoms with Gasteiger partial charge in [0.2, 0.25) is 0 Å². The van der Waals surface area contributed by atoms with Gasteiger partial charge in [-0.25, -0.2) is 21.9 Å². The van der Waals surface area contributed by atoms with E-state index in [9.17, 15) is 17.6 Å². The summed E-state index contributed by atoms with van der Waals surface area (Å²) in [5.41, 5.74) is 5.34. The molecule has 34 heavy (non-hydrogen) atoms. The van der Waals surface area contributed by atoms with E-state index in [0.29, 0.717) is 44.7 Å². The first kappa shape index (κ1) is 25.1. The van der Waals surface area contributed by atoms with Crippen molar-refractivity contribution in [3.05, 3.63) is 5.56 Å². The molecular formula is C21H35F2N7O3S. The first-order chi connectivity index (χ1) is 15.9. The molecular weight excluding hydrogens is 468 g/mol. The fourth-order valence-electron chi connectivity index (χ4n) is 5.36. The van der Waals surface area contributed by atoms with Gasteiger partial charge in [0.05, 0.1) is 23.9 Å². The van der Waals surface area contributed by atoms with E-state index in [4.69, 9.17) is 5.73 Å². The lowest BCUT2D eigenvalue weighted by Crippen LogP contribution is -2.72. The standard InChI is InChI=1S/C21H35F2N7O3S/c1-4-21(2)17(23)16(29-7-5-13(6-8-29)34(3,32)33)14(10-26-21)27-20(31)15-18(24)28-30-11-12(22)9-25-19(15)30/h12-14,16-17,25-26H,4-11H2,1-3H3,(H2,24,28)(H,27,31). The number of halogens is 2. The maximum Gasteiger partial charge on any atom is 0.259 e. The minimum Gasteiger partial charge on any atom is -0.381 e. The molecule has 4 heterocycles. The number of fused-ring (bicyclic) bond motifs is 1. The largest absolute Gasteiger partial charge is 0.381 e. The number of hydrogen-bond donors (Lipinski definition) is 4. The molecule has 0 aliphatic carbocycles. The summed E-state index contributed by atoms with van der Waals surface area (Å²) in [6, 6.07) is -1.21. The maximum atomic E-state index is 16.0. The molecule has 10 nitrogen and oxygen atoms in total. The first-order valence-electron chi connectivity index (χ1n) is 11.8. The number of nitrogens with zero attached hydrogens (tertiary/aromatic N) is 3. The summed E-state index contributed by atoms with van der Waals surface area (Å²) in [6.45, 7) is 5.00. The van der Waals surface area contributed by atoms with E-state index >= 15 is 4.39 Å². The van der Waals surface area contributed by atoms with Crippen LogP contribution in [0.15, 0.2) is 0 Å². The van der Waals surface area contributed by atoms with E-state index in [2.05, 4.69) is 21.0 Å². The van der Waals surface area contributed by atoms with E-state index in [1.165, 1.54) is 10.9 Å². The van der Waals surface area contributed by atoms with Crippen molar-refractivity contribution in [1.29, 1.82) is 0 Å². The van der Waals surface area contributed by atoms with Gasteiger partial charge in [-0.2, -0.15) is 5.10 Å². The number of rotatable bonds is 5. The predicted molar refractivity (Wildman–Crippen MR) is 126 cm³/mol. The van der Waals surface area contributed by atoms with E-state index in [1.54, 1.807) is 0 Å². The third kappa shape index (κ3) is 4.61. The van der Waals surface area contributed by atoms with Gasteiger partial charge in [0.25, 0.3) is 5.91 Å². The summed E-state index contributed by atoms with van der Waals surface area (Å²) in [4.78, 5) is 15.2. The van der Waals surface area contributed by atoms with Crippen molar-refractivity contribution < 1.29 is 22.0 Å². The average molecular weight is 504 g/mol. The van der Waals surface area contributed by atoms with Crippen LogP contribution in [0.25, 0.3) is 0 Å². The molecule has 0 bridgehead atoms. The lowest BCUT2D eigenvalue weighted by molar-refractivity contribution is -0.0101. The Morgan fingerprint density at radius 1 is 1.29 bits per heavy atom. The van der Waals surface area contributed by atoms with Crippen LogP contribution in [0, 0.1) is 0 Å². The monoisotopic (exact) mass is 503 g/mol. The smallest absolute Gasteiger partial charge is 0.259 e. The molecule has 13 heteroatoms. The number of nitrogens with one attached hydrogen (secondary N) is 3. The SMILES string of the molecule is CCC1(C)NCC(NC(=O)c2c(N)nn3c2NCC(F)C3)C(N2CCC(S(C)(=O)=O)CC2)C1F. The van der Waals surface area contributed by atoms with Crippen molar-refractivity contribution in [3.63, 3.8) is 0 Å². The predicted octanol–water partition coefficient (Wildman–Crippen LogP) is 0.315. The lowest BCUT2D eigenvalue weighted by atomic mass is 9.79. The van der Waals surface area contributed by atoms with Gasteiger partial charge < -0.3 is 21.7 Å². The van der Waals surface area contributed by atoms with E-state index < -0.39 is 51.0 Å². The molecule has 1 aromatic rings. The summed E-state index contributed by atoms with van der Waals surface area (Å²) >= 11 is 0. The number of sulfone groups is 1. The number of likely N-dealkylation sites (tertiary alicyclic amines) is 1. The van der Waals surface area contributed by atoms with Crippen molar-refractivity contribution in [2.45, 2.75) is 74.9 Å². The Morgan fingerprint density at radius 3 is 2.59 bits per heavy atom. The Labute approximate surface area is 198 Å². The topological polar surface area (TPSA) is 134 Å². The Balaban J connectivity index is 1.56. The van der Waals surface area contributed by atoms with Gasteiger partial charge in [0.1, 0.15) is 33.6 Å². The van der Waals surface area contributed by atoms with E-state index in [1.807, 2.05) is 18.7 Å². The highest BCUT2D eigenvalue weighted by Gasteiger charge is 2.50. The molecule has 2 saturated heterocycles. The van der Waals surface area contributed by atoms with Crippen molar-refractivity contribution >= 4 is 27.4 Å². The number of carbonyl (C=O) groups is 1. The summed E-state index contributed by atoms with van der Waals surface area (Å²) in [7, 11) is -3.16. The number of nitrogen functional groups attached to an aromatic ring is 1. The molecule has 5 unspecified atom stereocenters. The molecule has 0 radical (unpaired) electrons. The van der Waals surface area contributed by atoms with Gasteiger partial charge in [-0.15, -0.1) is 0 Å². The van der Waals surface area contributed by atoms with Crippen LogP contribution < -0.4 is 21.7 Å². The summed E-state index contributed by atoms with van der Waals surface area (Å²) in [5.74, 6) is -0.161. The van der Waals surface area contributed by atoms with Crippen LogP contribution in [0.3, 0.4) is 0 Å². The molecule has 4 rings (SSSR count). The minimum atomic E-state index is -3.16. The lowest BCUT2D eigenvalue weighted by Gasteiger charge is -2.51. The number of nitrogens with two attached hydrogens (primary N) is 1. The molecule has 3 aliphatic heterocycles. The van der Waals surface area contributed by atoms with Crippen LogP contribution in [-0.2, 0) is 16.4 Å². The fourth-order valence-corrected chi connectivity index (χ4v) is 6.42. The summed E-state index contributed by atoms with van der Waals surface area (Å²) < 4.78 is 55.0. The van der Waals surface area contributed by atoms with Crippen LogP contribution in [0.1, 0.15) is 43.5 Å². The summed E-state index contributed by atoms with van der Waals surface area (Å²) in [5, 5.41) is 12.7. The number of hydrogen-bond acceptors (Lipinski definition) is 8. The number of alkyl halides is 2. The molecule has 1 amide bonds. The third-order valence-corrected chi connectivity index (χ3v) is 9.35. The molecule has 3 aliphatic rings. The third-order valence-electron chi connectivity index (χ3n) is 7.67. The van der Waals surface area contributed by atoms with Gasteiger partial charge >= 0.3 is 0 Å². The zero-order valence-electron chi connectivity index (χ0n) is 19.9. The van der Waals surface area contributed by atoms with Gasteiger partial charge in [-0.1, -0.05) is 6.92 Å². The van der Waals surface area contributed by atoms with Crippen LogP contribution in [0.2, 0.25) is 0 Å². The fraction of sp³-hybridized carbons (Fsp3) is 0.810. The number of amides is 1. The second kappa shape index (κ2) is 9.23. The molecule has 5 atom stereocenters. The van der Waals surface area contributed by atoms with Gasteiger partial charge in [-0.05, 0) is 39.3 Å². The molecule has 1 aromatic heterocycles. The quantitative estimate of drug-likeness (QED) is 0.451. The second-order valence-electron chi connectivity index (χ2n) is 9.96. The molecule has 5 N–H and O–H groups in total. The van der Waals surface area contributed by atoms with Crippen LogP contribution >= 0.6 is 0 Å². The van der Waals surface area contributed by atoms with E-state index in [0.717, 1.165) is 0 Å². The highest BCUT2D eigenvalue weighted by atomic mass is 32.2. The molecule has 0 saturated carbocycles. The van der Waals surface area contributed by atoms with Crippen LogP contribution in [0.5, 0.6) is 0 Å². The van der Waals surface area contributed by atoms with Gasteiger partial charge in [0.15, 0.2) is 5.82 Å². The number of piperidine rings is 2. The van der Waals surface area contributed by atoms with Crippen molar-refractivity contribution in [2.75, 3.05) is 43.5 Å². The van der Waals surface area contributed by atoms with Crippen LogP contribution in [0.4, 0.5) is 20.4 Å². The number of carbonyl (C=O) groups excluding carboxylic acids is 1. The van der Waals surface area contributed by atoms with Gasteiger partial charge in [0, 0.05) is 24.9 Å². The Kier molecular flexibility index (Phi) is 6.82. The molecule has 0 aromatic carbocycles. The van der Waals surface area contributed by atoms with Crippen LogP contribution in [-0.4, -0.2) is 96.7 Å². The van der Waals surface area contributed by atoms with Crippen molar-refractivity contribution in [2.24, 2.45) is 0 Å². The molecule has 0 spiro atoms. The number of anilines is 2. The second-order valence-corrected chi connectivity index (χ2v) is 12.3. The molecule has 2 fully saturated rings. The maximum absolute atomic E-state index is 16.0. The average Bonchev–Trinajstić information content (AvgIpc) is 3.11. The Morgan fingerprint density at radius 2 is 1.97 bits per heavy atom. The van der Waals surface area contributed by atoms with E-state index in [-0.39, 0.29) is 24.5 Å². The van der Waals surface area contributed by atoms with Gasteiger partial charge in [-0.3, -0.25) is 9.69 Å². The minimum absolute atomic E-state index is 0.00408. The normalized spacial score (nSPS) is 33.2. The number of aromatic nitrogens is 2. The zero-order valence-corrected chi connectivity index (χ0v) is 20.7. The summed E-state index contributed by atoms with van der Waals surface area (Å²) in [6.07, 6.45) is 0.222. The van der Waals surface area contributed by atoms with Crippen molar-refractivity contribution in [1.82, 2.24) is 25.3 Å². The highest BCUT2D eigenvalue weighted by Crippen LogP contribution is 2.33. The highest BCUT2D eigenvalue weighted by molar-refractivity contribution is 7.91. The first-order valence-corrected chi connectivity index (χ1v) is 13.8.